The molecule has 0 aliphatic rings. The Morgan fingerprint density at radius 3 is 2.76 bits per heavy atom. The fourth-order valence-corrected chi connectivity index (χ4v) is 2.24. The monoisotopic (exact) mass is 274 g/mol. The maximum absolute atomic E-state index is 9.11. The van der Waals surface area contributed by atoms with Gasteiger partial charge in [0.15, 0.2) is 0 Å². The SMILES string of the molecule is Cc1ccc2cccc(OCc3ccccc3C#N)c2n1. The Hall–Kier alpha value is -2.86. The van der Waals surface area contributed by atoms with Crippen molar-refractivity contribution in [3.05, 3.63) is 71.4 Å². The van der Waals surface area contributed by atoms with Crippen molar-refractivity contribution >= 4 is 10.9 Å². The van der Waals surface area contributed by atoms with E-state index in [1.165, 1.54) is 0 Å². The zero-order chi connectivity index (χ0) is 14.7. The first-order valence-electron chi connectivity index (χ1n) is 6.75. The van der Waals surface area contributed by atoms with Gasteiger partial charge in [-0.05, 0) is 25.1 Å². The first-order valence-corrected chi connectivity index (χ1v) is 6.75. The third-order valence-corrected chi connectivity index (χ3v) is 3.34. The van der Waals surface area contributed by atoms with Crippen molar-refractivity contribution in [3.8, 4) is 11.8 Å². The first-order chi connectivity index (χ1) is 10.3. The van der Waals surface area contributed by atoms with Gasteiger partial charge in [0.1, 0.15) is 17.9 Å². The van der Waals surface area contributed by atoms with E-state index in [9.17, 15) is 0 Å². The molecule has 0 saturated carbocycles. The Labute approximate surface area is 123 Å². The van der Waals surface area contributed by atoms with Crippen molar-refractivity contribution in [1.29, 1.82) is 5.26 Å². The van der Waals surface area contributed by atoms with Crippen molar-refractivity contribution in [2.45, 2.75) is 13.5 Å². The van der Waals surface area contributed by atoms with Gasteiger partial charge in [0, 0.05) is 16.6 Å². The lowest BCUT2D eigenvalue weighted by molar-refractivity contribution is 0.309. The summed E-state index contributed by atoms with van der Waals surface area (Å²) in [6.45, 7) is 2.32. The van der Waals surface area contributed by atoms with E-state index in [2.05, 4.69) is 11.1 Å². The third-order valence-electron chi connectivity index (χ3n) is 3.34. The quantitative estimate of drug-likeness (QED) is 0.725. The van der Waals surface area contributed by atoms with E-state index < -0.39 is 0 Å². The molecular weight excluding hydrogens is 260 g/mol. The Morgan fingerprint density at radius 1 is 1.05 bits per heavy atom. The summed E-state index contributed by atoms with van der Waals surface area (Å²) in [7, 11) is 0. The lowest BCUT2D eigenvalue weighted by Crippen LogP contribution is -1.99. The standard InChI is InChI=1S/C18H14N2O/c1-13-9-10-14-7-4-8-17(18(14)20-13)21-12-16-6-3-2-5-15(16)11-19/h2-10H,12H2,1H3. The highest BCUT2D eigenvalue weighted by atomic mass is 16.5. The van der Waals surface area contributed by atoms with Crippen LogP contribution in [-0.2, 0) is 6.61 Å². The fraction of sp³-hybridized carbons (Fsp3) is 0.111. The highest BCUT2D eigenvalue weighted by Gasteiger charge is 2.06. The van der Waals surface area contributed by atoms with Crippen LogP contribution in [-0.4, -0.2) is 4.98 Å². The third kappa shape index (κ3) is 2.70. The van der Waals surface area contributed by atoms with Gasteiger partial charge in [-0.2, -0.15) is 5.26 Å². The van der Waals surface area contributed by atoms with Crippen molar-refractivity contribution < 1.29 is 4.74 Å². The van der Waals surface area contributed by atoms with Crippen LogP contribution in [0.2, 0.25) is 0 Å². The number of para-hydroxylation sites is 1. The van der Waals surface area contributed by atoms with Gasteiger partial charge in [0.25, 0.3) is 0 Å². The summed E-state index contributed by atoms with van der Waals surface area (Å²) in [5, 5.41) is 10.2. The molecule has 0 unspecified atom stereocenters. The molecule has 0 N–H and O–H groups in total. The van der Waals surface area contributed by atoms with Crippen LogP contribution in [0.1, 0.15) is 16.8 Å². The smallest absolute Gasteiger partial charge is 0.146 e. The topological polar surface area (TPSA) is 45.9 Å². The minimum absolute atomic E-state index is 0.360. The Balaban J connectivity index is 1.92. The second-order valence-corrected chi connectivity index (χ2v) is 4.84. The normalized spacial score (nSPS) is 10.3. The molecule has 0 atom stereocenters. The molecule has 3 heteroatoms. The molecule has 0 spiro atoms. The van der Waals surface area contributed by atoms with Crippen LogP contribution < -0.4 is 4.74 Å². The first kappa shape index (κ1) is 13.1. The summed E-state index contributed by atoms with van der Waals surface area (Å²) in [6, 6.07) is 19.5. The summed E-state index contributed by atoms with van der Waals surface area (Å²) < 4.78 is 5.89. The summed E-state index contributed by atoms with van der Waals surface area (Å²) in [5.41, 5.74) is 3.33. The van der Waals surface area contributed by atoms with Crippen LogP contribution in [0.5, 0.6) is 5.75 Å². The molecule has 3 nitrogen and oxygen atoms in total. The van der Waals surface area contributed by atoms with Gasteiger partial charge in [-0.25, -0.2) is 4.98 Å². The molecule has 1 heterocycles. The van der Waals surface area contributed by atoms with Gasteiger partial charge in [0.2, 0.25) is 0 Å². The van der Waals surface area contributed by atoms with E-state index in [-0.39, 0.29) is 0 Å². The van der Waals surface area contributed by atoms with E-state index in [4.69, 9.17) is 10.00 Å². The molecule has 2 aromatic carbocycles. The van der Waals surface area contributed by atoms with E-state index in [0.29, 0.717) is 12.2 Å². The molecule has 0 amide bonds. The van der Waals surface area contributed by atoms with Crippen molar-refractivity contribution in [1.82, 2.24) is 4.98 Å². The van der Waals surface area contributed by atoms with E-state index in [1.54, 1.807) is 6.07 Å². The van der Waals surface area contributed by atoms with Crippen LogP contribution in [0.25, 0.3) is 10.9 Å². The van der Waals surface area contributed by atoms with Crippen molar-refractivity contribution in [3.63, 3.8) is 0 Å². The fourth-order valence-electron chi connectivity index (χ4n) is 2.24. The molecule has 0 radical (unpaired) electrons. The number of aromatic nitrogens is 1. The molecule has 21 heavy (non-hydrogen) atoms. The highest BCUT2D eigenvalue weighted by molar-refractivity contribution is 5.84. The maximum atomic E-state index is 9.11. The summed E-state index contributed by atoms with van der Waals surface area (Å²) in [6.07, 6.45) is 0. The van der Waals surface area contributed by atoms with Crippen LogP contribution in [0.3, 0.4) is 0 Å². The summed E-state index contributed by atoms with van der Waals surface area (Å²) >= 11 is 0. The maximum Gasteiger partial charge on any atom is 0.146 e. The van der Waals surface area contributed by atoms with Gasteiger partial charge in [-0.3, -0.25) is 0 Å². The second-order valence-electron chi connectivity index (χ2n) is 4.84. The van der Waals surface area contributed by atoms with Crippen LogP contribution >= 0.6 is 0 Å². The van der Waals surface area contributed by atoms with Crippen LogP contribution in [0, 0.1) is 18.3 Å². The predicted molar refractivity (Wildman–Crippen MR) is 82.0 cm³/mol. The molecule has 0 aliphatic heterocycles. The van der Waals surface area contributed by atoms with Crippen molar-refractivity contribution in [2.24, 2.45) is 0 Å². The molecule has 0 saturated heterocycles. The van der Waals surface area contributed by atoms with Crippen LogP contribution in [0.15, 0.2) is 54.6 Å². The number of benzene rings is 2. The number of pyridine rings is 1. The van der Waals surface area contributed by atoms with Crippen molar-refractivity contribution in [2.75, 3.05) is 0 Å². The number of nitrogens with zero attached hydrogens (tertiary/aromatic N) is 2. The number of ether oxygens (including phenoxy) is 1. The summed E-state index contributed by atoms with van der Waals surface area (Å²) in [4.78, 5) is 4.54. The lowest BCUT2D eigenvalue weighted by atomic mass is 10.1. The van der Waals surface area contributed by atoms with Gasteiger partial charge < -0.3 is 4.74 Å². The van der Waals surface area contributed by atoms with E-state index >= 15 is 0 Å². The average Bonchev–Trinajstić information content (AvgIpc) is 2.53. The minimum Gasteiger partial charge on any atom is -0.487 e. The zero-order valence-electron chi connectivity index (χ0n) is 11.7. The molecule has 3 aromatic rings. The van der Waals surface area contributed by atoms with Gasteiger partial charge >= 0.3 is 0 Å². The molecule has 3 rings (SSSR count). The minimum atomic E-state index is 0.360. The van der Waals surface area contributed by atoms with E-state index in [0.717, 1.165) is 27.9 Å². The number of aryl methyl sites for hydroxylation is 1. The number of hydrogen-bond donors (Lipinski definition) is 0. The Morgan fingerprint density at radius 2 is 1.90 bits per heavy atom. The molecule has 102 valence electrons. The summed E-state index contributed by atoms with van der Waals surface area (Å²) in [5.74, 6) is 0.740. The van der Waals surface area contributed by atoms with Crippen LogP contribution in [0.4, 0.5) is 0 Å². The number of hydrogen-bond acceptors (Lipinski definition) is 3. The second kappa shape index (κ2) is 5.64. The molecular formula is C18H14N2O. The molecule has 0 fully saturated rings. The van der Waals surface area contributed by atoms with Gasteiger partial charge in [-0.15, -0.1) is 0 Å². The Bertz CT molecular complexity index is 834. The lowest BCUT2D eigenvalue weighted by Gasteiger charge is -2.10. The molecule has 0 bridgehead atoms. The van der Waals surface area contributed by atoms with E-state index in [1.807, 2.05) is 55.5 Å². The van der Waals surface area contributed by atoms with Gasteiger partial charge in [-0.1, -0.05) is 36.4 Å². The zero-order valence-corrected chi connectivity index (χ0v) is 11.7. The van der Waals surface area contributed by atoms with Gasteiger partial charge in [0.05, 0.1) is 11.6 Å². The highest BCUT2D eigenvalue weighted by Crippen LogP contribution is 2.25. The predicted octanol–water partition coefficient (Wildman–Crippen LogP) is 3.99. The number of fused-ring (bicyclic) bond motifs is 1. The molecule has 1 aromatic heterocycles. The number of nitriles is 1. The largest absolute Gasteiger partial charge is 0.487 e. The Kier molecular flexibility index (Phi) is 3.53. The number of rotatable bonds is 3. The average molecular weight is 274 g/mol. The molecule has 0 aliphatic carbocycles.